The molecule has 1 N–H and O–H groups in total. The molecule has 19 heavy (non-hydrogen) atoms. The normalized spacial score (nSPS) is 14.2. The van der Waals surface area contributed by atoms with Crippen molar-refractivity contribution in [1.29, 1.82) is 0 Å². The molecule has 108 valence electrons. The van der Waals surface area contributed by atoms with E-state index in [-0.39, 0.29) is 6.10 Å². The first-order valence-corrected chi connectivity index (χ1v) is 7.08. The molecule has 1 rings (SSSR count). The Bertz CT molecular complexity index is 379. The van der Waals surface area contributed by atoms with E-state index in [1.54, 1.807) is 7.11 Å². The van der Waals surface area contributed by atoms with Crippen molar-refractivity contribution in [3.63, 3.8) is 0 Å². The van der Waals surface area contributed by atoms with Gasteiger partial charge in [0.05, 0.1) is 6.10 Å². The van der Waals surface area contributed by atoms with Gasteiger partial charge in [-0.05, 0) is 39.8 Å². The number of hydrogen-bond acceptors (Lipinski definition) is 3. The first-order valence-electron chi connectivity index (χ1n) is 7.08. The fourth-order valence-corrected chi connectivity index (χ4v) is 1.88. The van der Waals surface area contributed by atoms with Crippen LogP contribution in [0.25, 0.3) is 0 Å². The standard InChI is InChI=1S/C16H27NO2/c1-6-9-17-14(4)15-10-12(2)7-8-16(15)19-11-13(3)18-5/h7-8,10,13-14,17H,6,9,11H2,1-5H3. The topological polar surface area (TPSA) is 30.5 Å². The highest BCUT2D eigenvalue weighted by atomic mass is 16.5. The summed E-state index contributed by atoms with van der Waals surface area (Å²) in [6.45, 7) is 10.1. The Balaban J connectivity index is 2.78. The summed E-state index contributed by atoms with van der Waals surface area (Å²) in [5.74, 6) is 0.950. The molecule has 0 bridgehead atoms. The molecule has 0 radical (unpaired) electrons. The highest BCUT2D eigenvalue weighted by Crippen LogP contribution is 2.26. The number of rotatable bonds is 8. The lowest BCUT2D eigenvalue weighted by Gasteiger charge is -2.20. The third kappa shape index (κ3) is 5.21. The van der Waals surface area contributed by atoms with Gasteiger partial charge in [-0.15, -0.1) is 0 Å². The highest BCUT2D eigenvalue weighted by Gasteiger charge is 2.12. The van der Waals surface area contributed by atoms with Crippen LogP contribution in [-0.4, -0.2) is 26.4 Å². The van der Waals surface area contributed by atoms with E-state index < -0.39 is 0 Å². The number of benzene rings is 1. The molecule has 0 aromatic heterocycles. The molecule has 0 saturated carbocycles. The maximum Gasteiger partial charge on any atom is 0.124 e. The smallest absolute Gasteiger partial charge is 0.124 e. The molecule has 1 aromatic carbocycles. The summed E-state index contributed by atoms with van der Waals surface area (Å²) in [5, 5.41) is 3.51. The molecule has 0 aliphatic heterocycles. The van der Waals surface area contributed by atoms with Crippen molar-refractivity contribution >= 4 is 0 Å². The van der Waals surface area contributed by atoms with E-state index in [0.29, 0.717) is 12.6 Å². The molecule has 0 fully saturated rings. The lowest BCUT2D eigenvalue weighted by atomic mass is 10.0. The van der Waals surface area contributed by atoms with Crippen LogP contribution in [0.1, 0.15) is 44.4 Å². The maximum atomic E-state index is 5.88. The first kappa shape index (κ1) is 16.0. The number of hydrogen-bond donors (Lipinski definition) is 1. The van der Waals surface area contributed by atoms with E-state index in [1.165, 1.54) is 11.1 Å². The lowest BCUT2D eigenvalue weighted by molar-refractivity contribution is 0.0711. The van der Waals surface area contributed by atoms with Crippen molar-refractivity contribution < 1.29 is 9.47 Å². The van der Waals surface area contributed by atoms with Crippen LogP contribution >= 0.6 is 0 Å². The molecule has 3 nitrogen and oxygen atoms in total. The summed E-state index contributed by atoms with van der Waals surface area (Å²) >= 11 is 0. The molecule has 2 atom stereocenters. The van der Waals surface area contributed by atoms with Crippen molar-refractivity contribution in [2.24, 2.45) is 0 Å². The van der Waals surface area contributed by atoms with Crippen LogP contribution in [0.15, 0.2) is 18.2 Å². The van der Waals surface area contributed by atoms with Crippen LogP contribution in [0.4, 0.5) is 0 Å². The summed E-state index contributed by atoms with van der Waals surface area (Å²) in [7, 11) is 1.70. The summed E-state index contributed by atoms with van der Waals surface area (Å²) in [5.41, 5.74) is 2.48. The van der Waals surface area contributed by atoms with Gasteiger partial charge >= 0.3 is 0 Å². The Hall–Kier alpha value is -1.06. The fraction of sp³-hybridized carbons (Fsp3) is 0.625. The van der Waals surface area contributed by atoms with Gasteiger partial charge in [0.1, 0.15) is 12.4 Å². The Labute approximate surface area is 117 Å². The molecule has 3 heteroatoms. The Kier molecular flexibility index (Phi) is 6.89. The predicted molar refractivity (Wildman–Crippen MR) is 79.9 cm³/mol. The monoisotopic (exact) mass is 265 g/mol. The van der Waals surface area contributed by atoms with Crippen LogP contribution in [-0.2, 0) is 4.74 Å². The molecular weight excluding hydrogens is 238 g/mol. The number of ether oxygens (including phenoxy) is 2. The third-order valence-electron chi connectivity index (χ3n) is 3.21. The Morgan fingerprint density at radius 2 is 2.00 bits per heavy atom. The van der Waals surface area contributed by atoms with Crippen LogP contribution in [0.2, 0.25) is 0 Å². The Morgan fingerprint density at radius 1 is 1.26 bits per heavy atom. The van der Waals surface area contributed by atoms with Gasteiger partial charge in [-0.3, -0.25) is 0 Å². The van der Waals surface area contributed by atoms with Crippen LogP contribution in [0, 0.1) is 6.92 Å². The van der Waals surface area contributed by atoms with E-state index in [1.807, 2.05) is 6.92 Å². The minimum absolute atomic E-state index is 0.105. The average Bonchev–Trinajstić information content (AvgIpc) is 2.42. The van der Waals surface area contributed by atoms with Crippen molar-refractivity contribution in [2.45, 2.75) is 46.3 Å². The minimum atomic E-state index is 0.105. The van der Waals surface area contributed by atoms with E-state index >= 15 is 0 Å². The SMILES string of the molecule is CCCNC(C)c1cc(C)ccc1OCC(C)OC. The van der Waals surface area contributed by atoms with Gasteiger partial charge in [0.2, 0.25) is 0 Å². The summed E-state index contributed by atoms with van der Waals surface area (Å²) in [6, 6.07) is 6.63. The van der Waals surface area contributed by atoms with Crippen LogP contribution in [0.3, 0.4) is 0 Å². The average molecular weight is 265 g/mol. The zero-order valence-corrected chi connectivity index (χ0v) is 12.8. The van der Waals surface area contributed by atoms with Crippen molar-refractivity contribution in [3.05, 3.63) is 29.3 Å². The third-order valence-corrected chi connectivity index (χ3v) is 3.21. The van der Waals surface area contributed by atoms with E-state index in [9.17, 15) is 0 Å². The van der Waals surface area contributed by atoms with E-state index in [4.69, 9.17) is 9.47 Å². The highest BCUT2D eigenvalue weighted by molar-refractivity contribution is 5.39. The van der Waals surface area contributed by atoms with Gasteiger partial charge in [-0.25, -0.2) is 0 Å². The lowest BCUT2D eigenvalue weighted by Crippen LogP contribution is -2.21. The molecule has 0 aliphatic carbocycles. The van der Waals surface area contributed by atoms with Gasteiger partial charge in [0.15, 0.2) is 0 Å². The number of aryl methyl sites for hydroxylation is 1. The Morgan fingerprint density at radius 3 is 2.63 bits per heavy atom. The second-order valence-corrected chi connectivity index (χ2v) is 5.07. The zero-order valence-electron chi connectivity index (χ0n) is 12.8. The summed E-state index contributed by atoms with van der Waals surface area (Å²) < 4.78 is 11.1. The molecule has 0 amide bonds. The van der Waals surface area contributed by atoms with Crippen molar-refractivity contribution in [1.82, 2.24) is 5.32 Å². The predicted octanol–water partition coefficient (Wildman–Crippen LogP) is 3.47. The molecule has 0 saturated heterocycles. The molecule has 0 aliphatic rings. The summed E-state index contributed by atoms with van der Waals surface area (Å²) in [6.07, 6.45) is 1.24. The maximum absolute atomic E-state index is 5.88. The van der Waals surface area contributed by atoms with Crippen LogP contribution in [0.5, 0.6) is 5.75 Å². The molecule has 0 spiro atoms. The first-order chi connectivity index (χ1) is 9.08. The zero-order chi connectivity index (χ0) is 14.3. The van der Waals surface area contributed by atoms with Gasteiger partial charge in [0, 0.05) is 18.7 Å². The van der Waals surface area contributed by atoms with Gasteiger partial charge in [-0.1, -0.05) is 24.6 Å². The van der Waals surface area contributed by atoms with Crippen LogP contribution < -0.4 is 10.1 Å². The molecule has 2 unspecified atom stereocenters. The van der Waals surface area contributed by atoms with Gasteiger partial charge < -0.3 is 14.8 Å². The second kappa shape index (κ2) is 8.18. The molecular formula is C16H27NO2. The minimum Gasteiger partial charge on any atom is -0.491 e. The van der Waals surface area contributed by atoms with E-state index in [2.05, 4.69) is 44.3 Å². The second-order valence-electron chi connectivity index (χ2n) is 5.07. The quantitative estimate of drug-likeness (QED) is 0.780. The number of nitrogens with one attached hydrogen (secondary N) is 1. The molecule has 0 heterocycles. The number of methoxy groups -OCH3 is 1. The van der Waals surface area contributed by atoms with Gasteiger partial charge in [-0.2, -0.15) is 0 Å². The van der Waals surface area contributed by atoms with Crippen molar-refractivity contribution in [2.75, 3.05) is 20.3 Å². The van der Waals surface area contributed by atoms with Gasteiger partial charge in [0.25, 0.3) is 0 Å². The largest absolute Gasteiger partial charge is 0.491 e. The van der Waals surface area contributed by atoms with E-state index in [0.717, 1.165) is 18.7 Å². The summed E-state index contributed by atoms with van der Waals surface area (Å²) in [4.78, 5) is 0. The fourth-order valence-electron chi connectivity index (χ4n) is 1.88. The molecule has 1 aromatic rings. The van der Waals surface area contributed by atoms with Crippen molar-refractivity contribution in [3.8, 4) is 5.75 Å².